The van der Waals surface area contributed by atoms with E-state index in [0.29, 0.717) is 16.3 Å². The van der Waals surface area contributed by atoms with Crippen molar-refractivity contribution in [3.8, 4) is 0 Å². The maximum absolute atomic E-state index is 13.8. The summed E-state index contributed by atoms with van der Waals surface area (Å²) < 4.78 is 13.8. The monoisotopic (exact) mass is 284 g/mol. The Balaban J connectivity index is 2.20. The van der Waals surface area contributed by atoms with E-state index in [1.807, 2.05) is 24.4 Å². The van der Waals surface area contributed by atoms with Crippen molar-refractivity contribution >= 4 is 27.9 Å². The topological polar surface area (TPSA) is 17.1 Å². The highest BCUT2D eigenvalue weighted by molar-refractivity contribution is 7.12. The molecule has 2 aromatic carbocycles. The van der Waals surface area contributed by atoms with Crippen molar-refractivity contribution in [3.63, 3.8) is 0 Å². The minimum Gasteiger partial charge on any atom is -0.288 e. The van der Waals surface area contributed by atoms with E-state index in [0.717, 1.165) is 16.9 Å². The first-order chi connectivity index (χ1) is 9.72. The number of benzene rings is 2. The summed E-state index contributed by atoms with van der Waals surface area (Å²) >= 11 is 1.45. The second kappa shape index (κ2) is 5.17. The summed E-state index contributed by atoms with van der Waals surface area (Å²) in [6.45, 7) is 2.03. The third-order valence-corrected chi connectivity index (χ3v) is 4.40. The van der Waals surface area contributed by atoms with E-state index >= 15 is 0 Å². The van der Waals surface area contributed by atoms with Gasteiger partial charge in [0.2, 0.25) is 5.78 Å². The van der Waals surface area contributed by atoms with Crippen LogP contribution in [0.25, 0.3) is 10.8 Å². The Morgan fingerprint density at radius 2 is 1.85 bits per heavy atom. The number of aryl methyl sites for hydroxylation is 1. The molecule has 0 bridgehead atoms. The van der Waals surface area contributed by atoms with E-state index < -0.39 is 0 Å². The SMILES string of the molecule is CCc1ccsc1C(=O)c1ccc(F)c2ccccc12. The number of halogens is 1. The van der Waals surface area contributed by atoms with E-state index in [-0.39, 0.29) is 11.6 Å². The van der Waals surface area contributed by atoms with Gasteiger partial charge in [-0.15, -0.1) is 11.3 Å². The van der Waals surface area contributed by atoms with Gasteiger partial charge in [-0.1, -0.05) is 31.2 Å². The maximum atomic E-state index is 13.8. The molecular weight excluding hydrogens is 271 g/mol. The van der Waals surface area contributed by atoms with Gasteiger partial charge in [0.15, 0.2) is 0 Å². The van der Waals surface area contributed by atoms with Crippen LogP contribution in [-0.2, 0) is 6.42 Å². The molecule has 100 valence electrons. The minimum absolute atomic E-state index is 0.0203. The first kappa shape index (κ1) is 13.0. The van der Waals surface area contributed by atoms with Gasteiger partial charge < -0.3 is 0 Å². The molecule has 20 heavy (non-hydrogen) atoms. The highest BCUT2D eigenvalue weighted by Crippen LogP contribution is 2.27. The van der Waals surface area contributed by atoms with Crippen molar-refractivity contribution < 1.29 is 9.18 Å². The number of hydrogen-bond donors (Lipinski definition) is 0. The minimum atomic E-state index is -0.293. The Morgan fingerprint density at radius 3 is 2.60 bits per heavy atom. The smallest absolute Gasteiger partial charge is 0.203 e. The van der Waals surface area contributed by atoms with E-state index in [1.54, 1.807) is 24.3 Å². The van der Waals surface area contributed by atoms with Crippen LogP contribution in [0.15, 0.2) is 47.8 Å². The third kappa shape index (κ3) is 2.04. The van der Waals surface area contributed by atoms with Crippen LogP contribution in [0.2, 0.25) is 0 Å². The molecule has 0 aliphatic carbocycles. The van der Waals surface area contributed by atoms with Gasteiger partial charge in [-0.25, -0.2) is 4.39 Å². The molecule has 0 spiro atoms. The lowest BCUT2D eigenvalue weighted by molar-refractivity contribution is 0.104. The van der Waals surface area contributed by atoms with Crippen molar-refractivity contribution in [2.45, 2.75) is 13.3 Å². The Kier molecular flexibility index (Phi) is 3.36. The van der Waals surface area contributed by atoms with Crippen LogP contribution in [0.5, 0.6) is 0 Å². The van der Waals surface area contributed by atoms with E-state index in [4.69, 9.17) is 0 Å². The second-order valence-electron chi connectivity index (χ2n) is 4.60. The normalized spacial score (nSPS) is 10.9. The van der Waals surface area contributed by atoms with E-state index in [2.05, 4.69) is 0 Å². The molecule has 0 saturated heterocycles. The number of carbonyl (C=O) groups is 1. The lowest BCUT2D eigenvalue weighted by Crippen LogP contribution is -2.03. The average molecular weight is 284 g/mol. The van der Waals surface area contributed by atoms with Crippen LogP contribution in [0.4, 0.5) is 4.39 Å². The number of ketones is 1. The summed E-state index contributed by atoms with van der Waals surface area (Å²) in [5.41, 5.74) is 1.62. The summed E-state index contributed by atoms with van der Waals surface area (Å²) in [4.78, 5) is 13.5. The van der Waals surface area contributed by atoms with Crippen LogP contribution in [0, 0.1) is 5.82 Å². The Labute approximate surface area is 120 Å². The average Bonchev–Trinajstić information content (AvgIpc) is 2.96. The van der Waals surface area contributed by atoms with Crippen LogP contribution in [-0.4, -0.2) is 5.78 Å². The zero-order chi connectivity index (χ0) is 14.1. The molecule has 3 heteroatoms. The quantitative estimate of drug-likeness (QED) is 0.629. The predicted molar refractivity (Wildman–Crippen MR) is 81.0 cm³/mol. The molecule has 1 aromatic heterocycles. The van der Waals surface area contributed by atoms with Gasteiger partial charge in [0, 0.05) is 10.9 Å². The fourth-order valence-electron chi connectivity index (χ4n) is 2.40. The molecule has 0 aliphatic rings. The third-order valence-electron chi connectivity index (χ3n) is 3.45. The number of rotatable bonds is 3. The fraction of sp³-hybridized carbons (Fsp3) is 0.118. The van der Waals surface area contributed by atoms with Crippen molar-refractivity contribution in [2.75, 3.05) is 0 Å². The molecular formula is C17H13FOS. The highest BCUT2D eigenvalue weighted by Gasteiger charge is 2.17. The fourth-order valence-corrected chi connectivity index (χ4v) is 3.35. The lowest BCUT2D eigenvalue weighted by atomic mass is 9.98. The van der Waals surface area contributed by atoms with Gasteiger partial charge in [-0.05, 0) is 40.9 Å². The van der Waals surface area contributed by atoms with Crippen molar-refractivity contribution in [2.24, 2.45) is 0 Å². The van der Waals surface area contributed by atoms with Gasteiger partial charge in [-0.2, -0.15) is 0 Å². The maximum Gasteiger partial charge on any atom is 0.203 e. The largest absolute Gasteiger partial charge is 0.288 e. The molecule has 0 aliphatic heterocycles. The number of fused-ring (bicyclic) bond motifs is 1. The number of thiophene rings is 1. The first-order valence-electron chi connectivity index (χ1n) is 6.50. The molecule has 3 rings (SSSR count). The van der Waals surface area contributed by atoms with Gasteiger partial charge in [0.25, 0.3) is 0 Å². The van der Waals surface area contributed by atoms with Crippen LogP contribution in [0.3, 0.4) is 0 Å². The zero-order valence-corrected chi connectivity index (χ0v) is 11.8. The molecule has 0 saturated carbocycles. The molecule has 0 unspecified atom stereocenters. The summed E-state index contributed by atoms with van der Waals surface area (Å²) in [5.74, 6) is -0.313. The molecule has 0 amide bonds. The van der Waals surface area contributed by atoms with Gasteiger partial charge >= 0.3 is 0 Å². The predicted octanol–water partition coefficient (Wildman–Crippen LogP) is 4.83. The Bertz CT molecular complexity index is 789. The lowest BCUT2D eigenvalue weighted by Gasteiger charge is -2.07. The molecule has 1 nitrogen and oxygen atoms in total. The van der Waals surface area contributed by atoms with E-state index in [9.17, 15) is 9.18 Å². The van der Waals surface area contributed by atoms with Crippen molar-refractivity contribution in [1.82, 2.24) is 0 Å². The van der Waals surface area contributed by atoms with Gasteiger partial charge in [0.05, 0.1) is 4.88 Å². The summed E-state index contributed by atoms with van der Waals surface area (Å²) in [6.07, 6.45) is 0.823. The molecule has 0 fully saturated rings. The molecule has 0 radical (unpaired) electrons. The van der Waals surface area contributed by atoms with Crippen LogP contribution in [0.1, 0.15) is 27.7 Å². The van der Waals surface area contributed by atoms with Crippen molar-refractivity contribution in [3.05, 3.63) is 69.7 Å². The zero-order valence-electron chi connectivity index (χ0n) is 11.0. The standard InChI is InChI=1S/C17H13FOS/c1-2-11-9-10-20-17(11)16(19)14-7-8-15(18)13-6-4-3-5-12(13)14/h3-10H,2H2,1H3. The molecule has 3 aromatic rings. The summed E-state index contributed by atoms with van der Waals surface area (Å²) in [6, 6.07) is 12.0. The highest BCUT2D eigenvalue weighted by atomic mass is 32.1. The molecule has 0 N–H and O–H groups in total. The second-order valence-corrected chi connectivity index (χ2v) is 5.51. The van der Waals surface area contributed by atoms with E-state index in [1.165, 1.54) is 17.4 Å². The summed E-state index contributed by atoms with van der Waals surface area (Å²) in [7, 11) is 0. The number of hydrogen-bond acceptors (Lipinski definition) is 2. The summed E-state index contributed by atoms with van der Waals surface area (Å²) in [5, 5.41) is 3.10. The number of carbonyl (C=O) groups excluding carboxylic acids is 1. The van der Waals surface area contributed by atoms with Gasteiger partial charge in [-0.3, -0.25) is 4.79 Å². The molecule has 1 heterocycles. The first-order valence-corrected chi connectivity index (χ1v) is 7.38. The Hall–Kier alpha value is -2.00. The van der Waals surface area contributed by atoms with Crippen molar-refractivity contribution in [1.29, 1.82) is 0 Å². The van der Waals surface area contributed by atoms with Crippen LogP contribution < -0.4 is 0 Å². The Morgan fingerprint density at radius 1 is 1.10 bits per heavy atom. The molecule has 0 atom stereocenters. The van der Waals surface area contributed by atoms with Gasteiger partial charge in [0.1, 0.15) is 5.82 Å². The van der Waals surface area contributed by atoms with Crippen LogP contribution >= 0.6 is 11.3 Å².